The van der Waals surface area contributed by atoms with Gasteiger partial charge in [-0.05, 0) is 42.2 Å². The van der Waals surface area contributed by atoms with Crippen LogP contribution in [0.2, 0.25) is 0 Å². The molecule has 3 rings (SSSR count). The van der Waals surface area contributed by atoms with E-state index in [1.165, 1.54) is 22.9 Å². The van der Waals surface area contributed by atoms with Crippen molar-refractivity contribution < 1.29 is 4.39 Å². The third-order valence-corrected chi connectivity index (χ3v) is 3.52. The van der Waals surface area contributed by atoms with Crippen molar-refractivity contribution in [1.29, 1.82) is 0 Å². The van der Waals surface area contributed by atoms with E-state index in [1.54, 1.807) is 6.07 Å². The fourth-order valence-corrected chi connectivity index (χ4v) is 2.52. The molecule has 0 spiro atoms. The molecule has 0 radical (unpaired) electrons. The summed E-state index contributed by atoms with van der Waals surface area (Å²) in [5, 5.41) is 6.58. The Morgan fingerprint density at radius 2 is 2.16 bits per heavy atom. The lowest BCUT2D eigenvalue weighted by molar-refractivity contribution is 0.629. The van der Waals surface area contributed by atoms with Gasteiger partial charge in [0.05, 0.1) is 5.69 Å². The molecule has 1 aliphatic heterocycles. The van der Waals surface area contributed by atoms with Crippen LogP contribution in [0, 0.1) is 12.7 Å². The molecule has 1 heterocycles. The Labute approximate surface area is 112 Å². The quantitative estimate of drug-likeness (QED) is 0.874. The molecule has 0 bridgehead atoms. The van der Waals surface area contributed by atoms with E-state index in [2.05, 4.69) is 28.8 Å². The number of rotatable bonds is 3. The maximum Gasteiger partial charge on any atom is 0.146 e. The molecule has 2 N–H and O–H groups in total. The van der Waals surface area contributed by atoms with Gasteiger partial charge in [0.1, 0.15) is 5.82 Å². The maximum atomic E-state index is 13.7. The number of benzene rings is 2. The monoisotopic (exact) mass is 256 g/mol. The molecule has 0 atom stereocenters. The zero-order valence-corrected chi connectivity index (χ0v) is 11.0. The molecular formula is C16H17FN2. The highest BCUT2D eigenvalue weighted by Crippen LogP contribution is 2.27. The minimum absolute atomic E-state index is 0.203. The molecule has 0 saturated carbocycles. The van der Waals surface area contributed by atoms with Crippen LogP contribution >= 0.6 is 0 Å². The van der Waals surface area contributed by atoms with Crippen LogP contribution in [-0.4, -0.2) is 6.54 Å². The Balaban J connectivity index is 1.80. The predicted molar refractivity (Wildman–Crippen MR) is 77.1 cm³/mol. The van der Waals surface area contributed by atoms with Crippen LogP contribution in [0.3, 0.4) is 0 Å². The molecule has 3 heteroatoms. The summed E-state index contributed by atoms with van der Waals surface area (Å²) in [5.74, 6) is -0.203. The van der Waals surface area contributed by atoms with Gasteiger partial charge in [0, 0.05) is 18.8 Å². The molecule has 2 nitrogen and oxygen atoms in total. The summed E-state index contributed by atoms with van der Waals surface area (Å²) in [7, 11) is 0. The van der Waals surface area contributed by atoms with Crippen molar-refractivity contribution in [2.75, 3.05) is 17.2 Å². The van der Waals surface area contributed by atoms with E-state index in [1.807, 2.05) is 13.0 Å². The molecule has 98 valence electrons. The molecule has 19 heavy (non-hydrogen) atoms. The lowest BCUT2D eigenvalue weighted by Crippen LogP contribution is -2.04. The number of hydrogen-bond acceptors (Lipinski definition) is 2. The van der Waals surface area contributed by atoms with Gasteiger partial charge in [-0.1, -0.05) is 24.3 Å². The summed E-state index contributed by atoms with van der Waals surface area (Å²) in [5.41, 5.74) is 5.37. The SMILES string of the molecule is Cc1ccc(F)c(NCc2cccc3c2NCC3)c1. The van der Waals surface area contributed by atoms with Gasteiger partial charge < -0.3 is 10.6 Å². The predicted octanol–water partition coefficient (Wildman–Crippen LogP) is 3.71. The third kappa shape index (κ3) is 2.41. The lowest BCUT2D eigenvalue weighted by Gasteiger charge is -2.12. The first kappa shape index (κ1) is 12.0. The highest BCUT2D eigenvalue weighted by atomic mass is 19.1. The van der Waals surface area contributed by atoms with Crippen LogP contribution in [-0.2, 0) is 13.0 Å². The smallest absolute Gasteiger partial charge is 0.146 e. The van der Waals surface area contributed by atoms with Gasteiger partial charge in [-0.15, -0.1) is 0 Å². The van der Waals surface area contributed by atoms with Crippen molar-refractivity contribution >= 4 is 11.4 Å². The first-order valence-electron chi connectivity index (χ1n) is 6.59. The number of nitrogens with one attached hydrogen (secondary N) is 2. The highest BCUT2D eigenvalue weighted by Gasteiger charge is 2.13. The minimum atomic E-state index is -0.203. The van der Waals surface area contributed by atoms with Gasteiger partial charge >= 0.3 is 0 Å². The van der Waals surface area contributed by atoms with Gasteiger partial charge in [-0.2, -0.15) is 0 Å². The van der Waals surface area contributed by atoms with Gasteiger partial charge in [0.2, 0.25) is 0 Å². The van der Waals surface area contributed by atoms with Crippen LogP contribution in [0.1, 0.15) is 16.7 Å². The van der Waals surface area contributed by atoms with Crippen LogP contribution in [0.25, 0.3) is 0 Å². The van der Waals surface area contributed by atoms with Gasteiger partial charge in [0.15, 0.2) is 0 Å². The van der Waals surface area contributed by atoms with Crippen molar-refractivity contribution in [3.8, 4) is 0 Å². The zero-order chi connectivity index (χ0) is 13.2. The first-order chi connectivity index (χ1) is 9.24. The Morgan fingerprint density at radius 1 is 1.26 bits per heavy atom. The van der Waals surface area contributed by atoms with E-state index >= 15 is 0 Å². The largest absolute Gasteiger partial charge is 0.384 e. The number of hydrogen-bond donors (Lipinski definition) is 2. The summed E-state index contributed by atoms with van der Waals surface area (Å²) < 4.78 is 13.7. The van der Waals surface area contributed by atoms with E-state index in [0.717, 1.165) is 18.5 Å². The van der Waals surface area contributed by atoms with Crippen LogP contribution in [0.5, 0.6) is 0 Å². The molecule has 0 saturated heterocycles. The summed E-state index contributed by atoms with van der Waals surface area (Å²) in [6.45, 7) is 3.59. The van der Waals surface area contributed by atoms with Gasteiger partial charge in [0.25, 0.3) is 0 Å². The average Bonchev–Trinajstić information content (AvgIpc) is 2.88. The number of fused-ring (bicyclic) bond motifs is 1. The molecule has 0 amide bonds. The van der Waals surface area contributed by atoms with Crippen molar-refractivity contribution in [2.24, 2.45) is 0 Å². The Bertz CT molecular complexity index is 608. The van der Waals surface area contributed by atoms with E-state index in [9.17, 15) is 4.39 Å². The van der Waals surface area contributed by atoms with Crippen LogP contribution in [0.15, 0.2) is 36.4 Å². The van der Waals surface area contributed by atoms with Crippen LogP contribution in [0.4, 0.5) is 15.8 Å². The molecule has 0 unspecified atom stereocenters. The lowest BCUT2D eigenvalue weighted by atomic mass is 10.1. The summed E-state index contributed by atoms with van der Waals surface area (Å²) in [6, 6.07) is 11.4. The second kappa shape index (κ2) is 4.92. The minimum Gasteiger partial charge on any atom is -0.384 e. The van der Waals surface area contributed by atoms with Crippen molar-refractivity contribution in [3.05, 3.63) is 58.9 Å². The Kier molecular flexibility index (Phi) is 3.11. The highest BCUT2D eigenvalue weighted by molar-refractivity contribution is 5.62. The number of anilines is 2. The molecule has 0 aliphatic carbocycles. The normalized spacial score (nSPS) is 12.9. The van der Waals surface area contributed by atoms with Crippen molar-refractivity contribution in [3.63, 3.8) is 0 Å². The maximum absolute atomic E-state index is 13.7. The molecule has 1 aliphatic rings. The fraction of sp³-hybridized carbons (Fsp3) is 0.250. The molecular weight excluding hydrogens is 239 g/mol. The van der Waals surface area contributed by atoms with Crippen molar-refractivity contribution in [2.45, 2.75) is 19.9 Å². The van der Waals surface area contributed by atoms with Crippen LogP contribution < -0.4 is 10.6 Å². The topological polar surface area (TPSA) is 24.1 Å². The average molecular weight is 256 g/mol. The fourth-order valence-electron chi connectivity index (χ4n) is 2.52. The molecule has 2 aromatic carbocycles. The van der Waals surface area contributed by atoms with Crippen molar-refractivity contribution in [1.82, 2.24) is 0 Å². The standard InChI is InChI=1S/C16H17FN2/c1-11-5-6-14(17)15(9-11)19-10-13-4-2-3-12-7-8-18-16(12)13/h2-6,9,18-19H,7-8,10H2,1H3. The summed E-state index contributed by atoms with van der Waals surface area (Å²) in [4.78, 5) is 0. The van der Waals surface area contributed by atoms with Gasteiger partial charge in [-0.25, -0.2) is 4.39 Å². The number of halogens is 1. The summed E-state index contributed by atoms with van der Waals surface area (Å²) >= 11 is 0. The molecule has 0 aromatic heterocycles. The Morgan fingerprint density at radius 3 is 3.05 bits per heavy atom. The van der Waals surface area contributed by atoms with Gasteiger partial charge in [-0.3, -0.25) is 0 Å². The number of aryl methyl sites for hydroxylation is 1. The molecule has 0 fully saturated rings. The first-order valence-corrected chi connectivity index (χ1v) is 6.59. The van der Waals surface area contributed by atoms with E-state index in [4.69, 9.17) is 0 Å². The second-order valence-electron chi connectivity index (χ2n) is 4.96. The third-order valence-electron chi connectivity index (χ3n) is 3.52. The second-order valence-corrected chi connectivity index (χ2v) is 4.96. The number of para-hydroxylation sites is 1. The molecule has 2 aromatic rings. The van der Waals surface area contributed by atoms with E-state index < -0.39 is 0 Å². The summed E-state index contributed by atoms with van der Waals surface area (Å²) in [6.07, 6.45) is 1.07. The zero-order valence-electron chi connectivity index (χ0n) is 11.0. The van der Waals surface area contributed by atoms with E-state index in [-0.39, 0.29) is 5.82 Å². The Hall–Kier alpha value is -2.03. The van der Waals surface area contributed by atoms with E-state index in [0.29, 0.717) is 12.2 Å².